The monoisotopic (exact) mass is 364 g/mol. The fourth-order valence-corrected chi connectivity index (χ4v) is 5.22. The predicted octanol–water partition coefficient (Wildman–Crippen LogP) is 0.540. The fourth-order valence-electron chi connectivity index (χ4n) is 3.38. The first-order chi connectivity index (χ1) is 11.8. The van der Waals surface area contributed by atoms with Crippen LogP contribution in [0.2, 0.25) is 0 Å². The van der Waals surface area contributed by atoms with Gasteiger partial charge in [0.1, 0.15) is 4.90 Å². The van der Waals surface area contributed by atoms with E-state index in [1.54, 1.807) is 0 Å². The first-order valence-corrected chi connectivity index (χ1v) is 9.49. The summed E-state index contributed by atoms with van der Waals surface area (Å²) < 4.78 is 26.2. The summed E-state index contributed by atoms with van der Waals surface area (Å²) in [6, 6.07) is 3.76. The van der Waals surface area contributed by atoms with E-state index in [2.05, 4.69) is 0 Å². The Morgan fingerprint density at radius 2 is 1.88 bits per heavy atom. The van der Waals surface area contributed by atoms with Gasteiger partial charge >= 0.3 is 5.97 Å². The molecule has 2 fully saturated rings. The number of benzene rings is 1. The molecule has 1 aliphatic carbocycles. The minimum absolute atomic E-state index is 0.0910. The summed E-state index contributed by atoms with van der Waals surface area (Å²) in [7, 11) is -3.92. The van der Waals surface area contributed by atoms with Crippen molar-refractivity contribution in [2.75, 3.05) is 13.1 Å². The van der Waals surface area contributed by atoms with Crippen LogP contribution in [0.15, 0.2) is 23.1 Å². The average Bonchev–Trinajstić information content (AvgIpc) is 3.21. The van der Waals surface area contributed by atoms with Crippen LogP contribution in [-0.2, 0) is 14.8 Å². The van der Waals surface area contributed by atoms with Crippen LogP contribution in [0, 0.1) is 5.92 Å². The van der Waals surface area contributed by atoms with Crippen molar-refractivity contribution in [1.29, 1.82) is 0 Å². The lowest BCUT2D eigenvalue weighted by atomic mass is 10.1. The molecule has 8 nitrogen and oxygen atoms in total. The topological polar surface area (TPSA) is 112 Å². The van der Waals surface area contributed by atoms with E-state index in [4.69, 9.17) is 5.11 Å². The van der Waals surface area contributed by atoms with Crippen molar-refractivity contribution in [3.8, 4) is 0 Å². The Labute approximate surface area is 144 Å². The second-order valence-corrected chi connectivity index (χ2v) is 8.41. The average molecular weight is 364 g/mol. The maximum absolute atomic E-state index is 12.6. The number of nitrogens with zero attached hydrogens (tertiary/aromatic N) is 2. The van der Waals surface area contributed by atoms with Crippen LogP contribution in [0.1, 0.15) is 40.0 Å². The SMILES string of the molecule is O=C(O)C1CCN(C(=O)c2ccc3c(c2)S(=O)(=O)N(C2CC2)C3=O)C1. The summed E-state index contributed by atoms with van der Waals surface area (Å²) >= 11 is 0. The summed E-state index contributed by atoms with van der Waals surface area (Å²) in [5.74, 6) is -2.51. The van der Waals surface area contributed by atoms with Gasteiger partial charge in [-0.05, 0) is 37.5 Å². The quantitative estimate of drug-likeness (QED) is 0.838. The van der Waals surface area contributed by atoms with Gasteiger partial charge in [-0.2, -0.15) is 0 Å². The molecule has 3 aliphatic rings. The summed E-state index contributed by atoms with van der Waals surface area (Å²) in [6.45, 7) is 0.415. The van der Waals surface area contributed by atoms with E-state index in [0.717, 1.165) is 4.31 Å². The van der Waals surface area contributed by atoms with Crippen LogP contribution in [0.4, 0.5) is 0 Å². The molecule has 0 aromatic heterocycles. The molecule has 1 N–H and O–H groups in total. The van der Waals surface area contributed by atoms with E-state index in [-0.39, 0.29) is 28.6 Å². The Balaban J connectivity index is 1.65. The van der Waals surface area contributed by atoms with Crippen LogP contribution in [0.25, 0.3) is 0 Å². The van der Waals surface area contributed by atoms with E-state index in [0.29, 0.717) is 25.8 Å². The Bertz CT molecular complexity index is 905. The standard InChI is InChI=1S/C16H16N2O6S/c19-14(17-6-5-10(8-17)16(21)22)9-1-4-12-13(7-9)25(23,24)18(15(12)20)11-2-3-11/h1,4,7,10-11H,2-3,5-6,8H2,(H,21,22). The number of likely N-dealkylation sites (tertiary alicyclic amines) is 1. The minimum atomic E-state index is -3.92. The zero-order valence-corrected chi connectivity index (χ0v) is 14.0. The molecule has 1 unspecified atom stereocenters. The molecule has 25 heavy (non-hydrogen) atoms. The molecular weight excluding hydrogens is 348 g/mol. The van der Waals surface area contributed by atoms with Crippen molar-refractivity contribution >= 4 is 27.8 Å². The number of rotatable bonds is 3. The smallest absolute Gasteiger partial charge is 0.308 e. The Morgan fingerprint density at radius 3 is 2.48 bits per heavy atom. The van der Waals surface area contributed by atoms with Crippen molar-refractivity contribution in [1.82, 2.24) is 9.21 Å². The van der Waals surface area contributed by atoms with Gasteiger partial charge in [-0.1, -0.05) is 0 Å². The zero-order chi connectivity index (χ0) is 17.9. The number of carbonyl (C=O) groups is 3. The van der Waals surface area contributed by atoms with Crippen LogP contribution in [0.5, 0.6) is 0 Å². The van der Waals surface area contributed by atoms with E-state index >= 15 is 0 Å². The molecule has 9 heteroatoms. The molecule has 2 heterocycles. The molecule has 4 rings (SSSR count). The lowest BCUT2D eigenvalue weighted by Gasteiger charge is -2.16. The van der Waals surface area contributed by atoms with E-state index in [9.17, 15) is 22.8 Å². The van der Waals surface area contributed by atoms with Crippen molar-refractivity contribution in [2.24, 2.45) is 5.92 Å². The van der Waals surface area contributed by atoms with Crippen LogP contribution in [0.3, 0.4) is 0 Å². The maximum Gasteiger partial charge on any atom is 0.308 e. The van der Waals surface area contributed by atoms with Gasteiger partial charge in [0, 0.05) is 24.7 Å². The lowest BCUT2D eigenvalue weighted by molar-refractivity contribution is -0.141. The summed E-state index contributed by atoms with van der Waals surface area (Å²) in [5.41, 5.74) is 0.243. The number of hydrogen-bond acceptors (Lipinski definition) is 5. The third-order valence-electron chi connectivity index (χ3n) is 4.90. The number of hydrogen-bond donors (Lipinski definition) is 1. The van der Waals surface area contributed by atoms with Gasteiger partial charge in [0.25, 0.3) is 21.8 Å². The highest BCUT2D eigenvalue weighted by Gasteiger charge is 2.49. The first-order valence-electron chi connectivity index (χ1n) is 8.05. The van der Waals surface area contributed by atoms with E-state index in [1.807, 2.05) is 0 Å². The normalized spacial score (nSPS) is 24.5. The number of sulfonamides is 1. The van der Waals surface area contributed by atoms with Crippen LogP contribution >= 0.6 is 0 Å². The molecule has 1 aromatic rings. The highest BCUT2D eigenvalue weighted by Crippen LogP contribution is 2.39. The number of carboxylic acids is 1. The first kappa shape index (κ1) is 16.1. The molecule has 1 saturated carbocycles. The van der Waals surface area contributed by atoms with Gasteiger partial charge < -0.3 is 10.0 Å². The number of carbonyl (C=O) groups excluding carboxylic acids is 2. The summed E-state index contributed by atoms with van der Waals surface area (Å²) in [6.07, 6.45) is 1.70. The van der Waals surface area contributed by atoms with Gasteiger partial charge in [-0.15, -0.1) is 0 Å². The second-order valence-electron chi connectivity index (χ2n) is 6.62. The predicted molar refractivity (Wildman–Crippen MR) is 84.5 cm³/mol. The summed E-state index contributed by atoms with van der Waals surface area (Å²) in [5, 5.41) is 9.03. The Hall–Kier alpha value is -2.42. The molecule has 2 aliphatic heterocycles. The molecule has 0 bridgehead atoms. The van der Waals surface area contributed by atoms with E-state index < -0.39 is 33.7 Å². The number of aliphatic carboxylic acids is 1. The molecule has 2 amide bonds. The molecule has 1 aromatic carbocycles. The fraction of sp³-hybridized carbons (Fsp3) is 0.438. The van der Waals surface area contributed by atoms with Crippen molar-refractivity contribution in [3.05, 3.63) is 29.3 Å². The van der Waals surface area contributed by atoms with Crippen LogP contribution < -0.4 is 0 Å². The highest BCUT2D eigenvalue weighted by atomic mass is 32.2. The minimum Gasteiger partial charge on any atom is -0.481 e. The third kappa shape index (κ3) is 2.41. The maximum atomic E-state index is 12.6. The Morgan fingerprint density at radius 1 is 1.16 bits per heavy atom. The lowest BCUT2D eigenvalue weighted by Crippen LogP contribution is -2.32. The largest absolute Gasteiger partial charge is 0.481 e. The van der Waals surface area contributed by atoms with Gasteiger partial charge in [-0.25, -0.2) is 12.7 Å². The van der Waals surface area contributed by atoms with Gasteiger partial charge in [0.15, 0.2) is 0 Å². The van der Waals surface area contributed by atoms with Crippen molar-refractivity contribution < 1.29 is 27.9 Å². The van der Waals surface area contributed by atoms with E-state index in [1.165, 1.54) is 23.1 Å². The Kier molecular flexibility index (Phi) is 3.40. The van der Waals surface area contributed by atoms with Crippen LogP contribution in [-0.4, -0.2) is 59.6 Å². The molecule has 1 atom stereocenters. The third-order valence-corrected chi connectivity index (χ3v) is 6.77. The van der Waals surface area contributed by atoms with Crippen molar-refractivity contribution in [2.45, 2.75) is 30.2 Å². The second kappa shape index (κ2) is 5.29. The molecule has 0 spiro atoms. The molecular formula is C16H16N2O6S. The summed E-state index contributed by atoms with van der Waals surface area (Å²) in [4.78, 5) is 37.2. The highest BCUT2D eigenvalue weighted by molar-refractivity contribution is 7.90. The van der Waals surface area contributed by atoms with Gasteiger partial charge in [0.05, 0.1) is 11.5 Å². The number of carboxylic acid groups (broad SMARTS) is 1. The number of fused-ring (bicyclic) bond motifs is 1. The molecule has 0 radical (unpaired) electrons. The molecule has 1 saturated heterocycles. The van der Waals surface area contributed by atoms with Gasteiger partial charge in [-0.3, -0.25) is 14.4 Å². The van der Waals surface area contributed by atoms with Crippen molar-refractivity contribution in [3.63, 3.8) is 0 Å². The number of amides is 2. The zero-order valence-electron chi connectivity index (χ0n) is 13.2. The van der Waals surface area contributed by atoms with Gasteiger partial charge in [0.2, 0.25) is 0 Å². The molecule has 132 valence electrons.